The molecular weight excluding hydrogens is 428 g/mol. The highest BCUT2D eigenvalue weighted by molar-refractivity contribution is 8.00. The molecular formula is C24H26N2O5S. The van der Waals surface area contributed by atoms with Crippen molar-refractivity contribution >= 4 is 46.7 Å². The second kappa shape index (κ2) is 9.56. The van der Waals surface area contributed by atoms with Gasteiger partial charge in [-0.05, 0) is 31.2 Å². The van der Waals surface area contributed by atoms with Gasteiger partial charge in [0.1, 0.15) is 6.54 Å². The van der Waals surface area contributed by atoms with E-state index in [-0.39, 0.29) is 36.3 Å². The summed E-state index contributed by atoms with van der Waals surface area (Å²) in [5.74, 6) is -1.31. The molecule has 0 fully saturated rings. The van der Waals surface area contributed by atoms with Gasteiger partial charge in [-0.3, -0.25) is 19.3 Å². The van der Waals surface area contributed by atoms with E-state index in [1.807, 2.05) is 0 Å². The summed E-state index contributed by atoms with van der Waals surface area (Å²) in [4.78, 5) is 52.0. The van der Waals surface area contributed by atoms with Crippen molar-refractivity contribution in [3.8, 4) is 0 Å². The van der Waals surface area contributed by atoms with Crippen LogP contribution in [0.5, 0.6) is 0 Å². The van der Waals surface area contributed by atoms with Crippen LogP contribution in [0.4, 0.5) is 11.4 Å². The van der Waals surface area contributed by atoms with Crippen LogP contribution in [-0.4, -0.2) is 42.0 Å². The van der Waals surface area contributed by atoms with Crippen molar-refractivity contribution < 1.29 is 23.9 Å². The Morgan fingerprint density at radius 1 is 1.09 bits per heavy atom. The van der Waals surface area contributed by atoms with E-state index in [0.717, 1.165) is 0 Å². The molecule has 0 spiro atoms. The van der Waals surface area contributed by atoms with Gasteiger partial charge in [0.15, 0.2) is 12.4 Å². The van der Waals surface area contributed by atoms with Gasteiger partial charge in [0.2, 0.25) is 11.8 Å². The number of Topliss-reactive ketones (excluding diaryl/α,β-unsaturated/α-hetero) is 1. The third-order valence-corrected chi connectivity index (χ3v) is 6.13. The molecule has 1 heterocycles. The molecule has 0 aromatic heterocycles. The van der Waals surface area contributed by atoms with Crippen LogP contribution in [-0.2, 0) is 19.1 Å². The number of nitrogens with zero attached hydrogens (tertiary/aromatic N) is 1. The normalized spacial score (nSPS) is 14.2. The first-order valence-corrected chi connectivity index (χ1v) is 11.1. The molecule has 0 aliphatic carbocycles. The van der Waals surface area contributed by atoms with Crippen molar-refractivity contribution in [1.29, 1.82) is 0 Å². The zero-order valence-electron chi connectivity index (χ0n) is 18.5. The van der Waals surface area contributed by atoms with Gasteiger partial charge in [0.05, 0.1) is 22.2 Å². The zero-order chi connectivity index (χ0) is 23.5. The third kappa shape index (κ3) is 5.37. The Labute approximate surface area is 191 Å². The molecule has 2 amide bonds. The number of anilines is 2. The molecule has 1 aliphatic heterocycles. The molecule has 168 valence electrons. The predicted octanol–water partition coefficient (Wildman–Crippen LogP) is 3.92. The maximum atomic E-state index is 13.2. The standard InChI is InChI=1S/C24H26N2O5S/c1-15(22(29)26-13-21(28)25-17-10-6-7-11-18(17)26)32-19-12-8-5-9-16(19)23(30)31-14-20(27)24(2,3)4/h5-12,15H,13-14H2,1-4H3,(H,25,28)/t15-/m1/s1. The maximum Gasteiger partial charge on any atom is 0.339 e. The van der Waals surface area contributed by atoms with Crippen molar-refractivity contribution in [2.75, 3.05) is 23.4 Å². The number of amides is 2. The topological polar surface area (TPSA) is 92.8 Å². The fourth-order valence-electron chi connectivity index (χ4n) is 3.05. The summed E-state index contributed by atoms with van der Waals surface area (Å²) in [6.07, 6.45) is 0. The second-order valence-electron chi connectivity index (χ2n) is 8.50. The molecule has 1 N–H and O–H groups in total. The number of esters is 1. The molecule has 0 saturated carbocycles. The van der Waals surface area contributed by atoms with Crippen LogP contribution in [0.3, 0.4) is 0 Å². The van der Waals surface area contributed by atoms with Crippen LogP contribution in [0, 0.1) is 5.41 Å². The summed E-state index contributed by atoms with van der Waals surface area (Å²) in [7, 11) is 0. The molecule has 32 heavy (non-hydrogen) atoms. The number of para-hydroxylation sites is 2. The van der Waals surface area contributed by atoms with E-state index in [1.165, 1.54) is 16.7 Å². The molecule has 2 aromatic rings. The minimum atomic E-state index is -0.618. The number of nitrogens with one attached hydrogen (secondary N) is 1. The first-order chi connectivity index (χ1) is 15.1. The van der Waals surface area contributed by atoms with Crippen LogP contribution in [0.15, 0.2) is 53.4 Å². The molecule has 1 atom stereocenters. The summed E-state index contributed by atoms with van der Waals surface area (Å²) in [6.45, 7) is 6.64. The first-order valence-electron chi connectivity index (χ1n) is 10.2. The van der Waals surface area contributed by atoms with Gasteiger partial charge >= 0.3 is 5.97 Å². The zero-order valence-corrected chi connectivity index (χ0v) is 19.3. The number of carbonyl (C=O) groups excluding carboxylic acids is 4. The highest BCUT2D eigenvalue weighted by atomic mass is 32.2. The number of carbonyl (C=O) groups is 4. The first kappa shape index (κ1) is 23.5. The van der Waals surface area contributed by atoms with Crippen molar-refractivity contribution in [2.45, 2.75) is 37.8 Å². The van der Waals surface area contributed by atoms with E-state index in [2.05, 4.69) is 5.32 Å². The van der Waals surface area contributed by atoms with Crippen LogP contribution in [0.1, 0.15) is 38.1 Å². The summed E-state index contributed by atoms with van der Waals surface area (Å²) in [5, 5.41) is 2.19. The number of ketones is 1. The SMILES string of the molecule is C[C@@H](Sc1ccccc1C(=O)OCC(=O)C(C)(C)C)C(=O)N1CC(=O)Nc2ccccc21. The van der Waals surface area contributed by atoms with Crippen LogP contribution in [0.25, 0.3) is 0 Å². The Kier molecular flexibility index (Phi) is 7.03. The van der Waals surface area contributed by atoms with Gasteiger partial charge in [-0.1, -0.05) is 45.0 Å². The van der Waals surface area contributed by atoms with E-state index >= 15 is 0 Å². The summed E-state index contributed by atoms with van der Waals surface area (Å²) in [5.41, 5.74) is 0.905. The minimum Gasteiger partial charge on any atom is -0.454 e. The van der Waals surface area contributed by atoms with Gasteiger partial charge in [0, 0.05) is 10.3 Å². The summed E-state index contributed by atoms with van der Waals surface area (Å²) < 4.78 is 5.23. The molecule has 0 saturated heterocycles. The number of thioether (sulfide) groups is 1. The van der Waals surface area contributed by atoms with Gasteiger partial charge in [-0.2, -0.15) is 0 Å². The number of benzene rings is 2. The average Bonchev–Trinajstić information content (AvgIpc) is 2.75. The highest BCUT2D eigenvalue weighted by Crippen LogP contribution is 2.33. The van der Waals surface area contributed by atoms with E-state index < -0.39 is 16.6 Å². The van der Waals surface area contributed by atoms with Crippen molar-refractivity contribution in [1.82, 2.24) is 0 Å². The van der Waals surface area contributed by atoms with Crippen molar-refractivity contribution in [3.05, 3.63) is 54.1 Å². The van der Waals surface area contributed by atoms with Crippen molar-refractivity contribution in [2.24, 2.45) is 5.41 Å². The smallest absolute Gasteiger partial charge is 0.339 e. The fourth-order valence-corrected chi connectivity index (χ4v) is 4.10. The number of hydrogen-bond donors (Lipinski definition) is 1. The Morgan fingerprint density at radius 2 is 1.75 bits per heavy atom. The lowest BCUT2D eigenvalue weighted by atomic mass is 9.91. The average molecular weight is 455 g/mol. The van der Waals surface area contributed by atoms with Crippen LogP contribution in [0.2, 0.25) is 0 Å². The van der Waals surface area contributed by atoms with E-state index in [9.17, 15) is 19.2 Å². The van der Waals surface area contributed by atoms with Crippen LogP contribution >= 0.6 is 11.8 Å². The quantitative estimate of drug-likeness (QED) is 0.525. The number of ether oxygens (including phenoxy) is 1. The van der Waals surface area contributed by atoms with Gasteiger partial charge in [0.25, 0.3) is 0 Å². The number of fused-ring (bicyclic) bond motifs is 1. The molecule has 1 aliphatic rings. The Morgan fingerprint density at radius 3 is 2.47 bits per heavy atom. The van der Waals surface area contributed by atoms with Gasteiger partial charge in [-0.15, -0.1) is 11.8 Å². The van der Waals surface area contributed by atoms with Gasteiger partial charge in [-0.25, -0.2) is 4.79 Å². The third-order valence-electron chi connectivity index (χ3n) is 4.97. The molecule has 7 nitrogen and oxygen atoms in total. The summed E-state index contributed by atoms with van der Waals surface area (Å²) in [6, 6.07) is 13.9. The van der Waals surface area contributed by atoms with E-state index in [4.69, 9.17) is 4.74 Å². The van der Waals surface area contributed by atoms with Crippen molar-refractivity contribution in [3.63, 3.8) is 0 Å². The Hall–Kier alpha value is -3.13. The molecule has 3 rings (SSSR count). The lowest BCUT2D eigenvalue weighted by molar-refractivity contribution is -0.129. The predicted molar refractivity (Wildman–Crippen MR) is 124 cm³/mol. The maximum absolute atomic E-state index is 13.2. The number of rotatable bonds is 6. The van der Waals surface area contributed by atoms with E-state index in [1.54, 1.807) is 76.2 Å². The largest absolute Gasteiger partial charge is 0.454 e. The highest BCUT2D eigenvalue weighted by Gasteiger charge is 2.31. The monoisotopic (exact) mass is 454 g/mol. The van der Waals surface area contributed by atoms with E-state index in [0.29, 0.717) is 16.3 Å². The van der Waals surface area contributed by atoms with Gasteiger partial charge < -0.3 is 10.1 Å². The lowest BCUT2D eigenvalue weighted by Crippen LogP contribution is -2.45. The minimum absolute atomic E-state index is 0.0701. The molecule has 0 radical (unpaired) electrons. The molecule has 2 aromatic carbocycles. The molecule has 0 bridgehead atoms. The molecule has 8 heteroatoms. The Balaban J connectivity index is 1.74. The fraction of sp³-hybridized carbons (Fsp3) is 0.333. The lowest BCUT2D eigenvalue weighted by Gasteiger charge is -2.31. The second-order valence-corrected chi connectivity index (χ2v) is 9.88. The summed E-state index contributed by atoms with van der Waals surface area (Å²) >= 11 is 1.21. The molecule has 0 unspecified atom stereocenters. The number of hydrogen-bond acceptors (Lipinski definition) is 6. The van der Waals surface area contributed by atoms with Crippen LogP contribution < -0.4 is 10.2 Å². The Bertz CT molecular complexity index is 1060.